The van der Waals surface area contributed by atoms with Crippen molar-refractivity contribution in [2.75, 3.05) is 6.54 Å². The summed E-state index contributed by atoms with van der Waals surface area (Å²) in [6, 6.07) is 10.4. The van der Waals surface area contributed by atoms with Gasteiger partial charge < -0.3 is 0 Å². The Hall–Kier alpha value is -2.25. The summed E-state index contributed by atoms with van der Waals surface area (Å²) in [5.74, 6) is -0.330. The Morgan fingerprint density at radius 1 is 1.26 bits per heavy atom. The lowest BCUT2D eigenvalue weighted by atomic mass is 10.1. The molecule has 0 bridgehead atoms. The number of carbonyl (C=O) groups excluding carboxylic acids is 1. The van der Waals surface area contributed by atoms with Gasteiger partial charge in [-0.3, -0.25) is 14.4 Å². The Morgan fingerprint density at radius 2 is 2.09 bits per heavy atom. The number of fused-ring (bicyclic) bond motifs is 1. The number of rotatable bonds is 3. The molecule has 0 spiro atoms. The monoisotopic (exact) mass is 328 g/mol. The maximum atomic E-state index is 11.9. The first-order valence-electron chi connectivity index (χ1n) is 7.47. The van der Waals surface area contributed by atoms with Crippen molar-refractivity contribution in [3.05, 3.63) is 59.4 Å². The van der Waals surface area contributed by atoms with Gasteiger partial charge in [-0.15, -0.1) is 0 Å². The third-order valence-electron chi connectivity index (χ3n) is 4.11. The smallest absolute Gasteiger partial charge is 0.258 e. The second kappa shape index (κ2) is 5.75. The minimum atomic E-state index is -1.51. The SMILES string of the molecule is O=C1C=C(n2ncc3c2CCN(Cc2ccccc2)C3)S(=O)N1. The molecule has 1 atom stereocenters. The van der Waals surface area contributed by atoms with E-state index in [0.29, 0.717) is 5.03 Å². The van der Waals surface area contributed by atoms with Crippen LogP contribution in [0.1, 0.15) is 16.8 Å². The van der Waals surface area contributed by atoms with Crippen LogP contribution in [0.25, 0.3) is 5.03 Å². The maximum absolute atomic E-state index is 11.9. The fourth-order valence-electron chi connectivity index (χ4n) is 3.04. The quantitative estimate of drug-likeness (QED) is 0.914. The molecule has 23 heavy (non-hydrogen) atoms. The van der Waals surface area contributed by atoms with Gasteiger partial charge in [-0.1, -0.05) is 30.3 Å². The molecule has 4 rings (SSSR count). The molecule has 2 aliphatic heterocycles. The summed E-state index contributed by atoms with van der Waals surface area (Å²) >= 11 is 0. The Kier molecular flexibility index (Phi) is 3.59. The van der Waals surface area contributed by atoms with Crippen molar-refractivity contribution in [1.29, 1.82) is 0 Å². The van der Waals surface area contributed by atoms with E-state index in [1.54, 1.807) is 4.68 Å². The molecule has 0 radical (unpaired) electrons. The lowest BCUT2D eigenvalue weighted by Crippen LogP contribution is -2.30. The van der Waals surface area contributed by atoms with Crippen LogP contribution in [0.5, 0.6) is 0 Å². The molecule has 1 unspecified atom stereocenters. The Labute approximate surface area is 136 Å². The molecule has 1 amide bonds. The van der Waals surface area contributed by atoms with Gasteiger partial charge in [0, 0.05) is 37.7 Å². The molecular formula is C16H16N4O2S. The van der Waals surface area contributed by atoms with Crippen LogP contribution in [0, 0.1) is 0 Å². The van der Waals surface area contributed by atoms with E-state index in [0.717, 1.165) is 37.3 Å². The highest BCUT2D eigenvalue weighted by Gasteiger charge is 2.27. The molecule has 1 aromatic heterocycles. The zero-order valence-corrected chi connectivity index (χ0v) is 13.3. The Balaban J connectivity index is 1.55. The Bertz CT molecular complexity index is 813. The molecule has 1 aromatic carbocycles. The number of amides is 1. The van der Waals surface area contributed by atoms with Crippen LogP contribution in [0.2, 0.25) is 0 Å². The fraction of sp³-hybridized carbons (Fsp3) is 0.250. The van der Waals surface area contributed by atoms with E-state index in [4.69, 9.17) is 0 Å². The van der Waals surface area contributed by atoms with Gasteiger partial charge in [0.1, 0.15) is 0 Å². The molecule has 3 heterocycles. The van der Waals surface area contributed by atoms with E-state index in [2.05, 4.69) is 39.0 Å². The first kappa shape index (κ1) is 14.3. The van der Waals surface area contributed by atoms with Gasteiger partial charge >= 0.3 is 0 Å². The molecule has 6 nitrogen and oxygen atoms in total. The third-order valence-corrected chi connectivity index (χ3v) is 5.17. The number of nitrogens with one attached hydrogen (secondary N) is 1. The highest BCUT2D eigenvalue weighted by Crippen LogP contribution is 2.24. The topological polar surface area (TPSA) is 67.2 Å². The molecule has 2 aliphatic rings. The summed E-state index contributed by atoms with van der Waals surface area (Å²) in [4.78, 5) is 13.7. The summed E-state index contributed by atoms with van der Waals surface area (Å²) in [5.41, 5.74) is 3.47. The van der Waals surface area contributed by atoms with Gasteiger partial charge in [0.15, 0.2) is 16.0 Å². The molecule has 2 aromatic rings. The van der Waals surface area contributed by atoms with Crippen molar-refractivity contribution in [3.63, 3.8) is 0 Å². The summed E-state index contributed by atoms with van der Waals surface area (Å²) in [6.45, 7) is 2.63. The molecule has 0 aliphatic carbocycles. The maximum Gasteiger partial charge on any atom is 0.258 e. The molecule has 7 heteroatoms. The van der Waals surface area contributed by atoms with Gasteiger partial charge in [0.25, 0.3) is 5.91 Å². The number of hydrogen-bond donors (Lipinski definition) is 1. The molecule has 1 N–H and O–H groups in total. The van der Waals surface area contributed by atoms with Crippen LogP contribution in [-0.2, 0) is 35.3 Å². The first-order chi connectivity index (χ1) is 11.2. The van der Waals surface area contributed by atoms with E-state index < -0.39 is 11.0 Å². The van der Waals surface area contributed by atoms with Crippen LogP contribution in [0.3, 0.4) is 0 Å². The zero-order chi connectivity index (χ0) is 15.8. The molecule has 0 saturated heterocycles. The summed E-state index contributed by atoms with van der Waals surface area (Å²) in [5, 5.41) is 4.77. The highest BCUT2D eigenvalue weighted by molar-refractivity contribution is 7.93. The molecule has 118 valence electrons. The van der Waals surface area contributed by atoms with Crippen molar-refractivity contribution >= 4 is 21.9 Å². The minimum absolute atomic E-state index is 0.330. The molecule has 0 saturated carbocycles. The number of aromatic nitrogens is 2. The highest BCUT2D eigenvalue weighted by atomic mass is 32.2. The standard InChI is InChI=1S/C16H16N4O2S/c21-15-8-16(23(22)18-15)20-14-6-7-19(11-13(14)9-17-20)10-12-4-2-1-3-5-12/h1-5,8-9H,6-7,10-11H2,(H,18,21). The van der Waals surface area contributed by atoms with Crippen molar-refractivity contribution < 1.29 is 9.00 Å². The van der Waals surface area contributed by atoms with Gasteiger partial charge in [0.2, 0.25) is 0 Å². The van der Waals surface area contributed by atoms with Crippen molar-refractivity contribution in [2.45, 2.75) is 19.5 Å². The van der Waals surface area contributed by atoms with E-state index in [1.807, 2.05) is 12.3 Å². The summed E-state index contributed by atoms with van der Waals surface area (Å²) in [7, 11) is -1.51. The van der Waals surface area contributed by atoms with Gasteiger partial charge in [-0.2, -0.15) is 5.10 Å². The zero-order valence-electron chi connectivity index (χ0n) is 12.4. The van der Waals surface area contributed by atoms with Crippen molar-refractivity contribution in [3.8, 4) is 0 Å². The minimum Gasteiger partial charge on any atom is -0.294 e. The second-order valence-corrected chi connectivity index (χ2v) is 6.85. The average Bonchev–Trinajstić information content (AvgIpc) is 3.10. The number of hydrogen-bond acceptors (Lipinski definition) is 4. The van der Waals surface area contributed by atoms with Gasteiger partial charge in [-0.05, 0) is 5.56 Å². The second-order valence-electron chi connectivity index (χ2n) is 5.69. The average molecular weight is 328 g/mol. The third kappa shape index (κ3) is 2.73. The van der Waals surface area contributed by atoms with Crippen LogP contribution in [-0.4, -0.2) is 31.3 Å². The molecular weight excluding hydrogens is 312 g/mol. The van der Waals surface area contributed by atoms with Crippen LogP contribution < -0.4 is 4.72 Å². The van der Waals surface area contributed by atoms with E-state index >= 15 is 0 Å². The largest absolute Gasteiger partial charge is 0.294 e. The van der Waals surface area contributed by atoms with Crippen molar-refractivity contribution in [1.82, 2.24) is 19.4 Å². The predicted molar refractivity (Wildman–Crippen MR) is 87.0 cm³/mol. The summed E-state index contributed by atoms with van der Waals surface area (Å²) in [6.07, 6.45) is 4.00. The summed E-state index contributed by atoms with van der Waals surface area (Å²) < 4.78 is 15.9. The fourth-order valence-corrected chi connectivity index (χ4v) is 3.91. The van der Waals surface area contributed by atoms with E-state index in [9.17, 15) is 9.00 Å². The van der Waals surface area contributed by atoms with E-state index in [-0.39, 0.29) is 5.91 Å². The number of carbonyl (C=O) groups is 1. The van der Waals surface area contributed by atoms with Gasteiger partial charge in [-0.25, -0.2) is 8.89 Å². The van der Waals surface area contributed by atoms with Gasteiger partial charge in [0.05, 0.1) is 11.9 Å². The van der Waals surface area contributed by atoms with Crippen LogP contribution >= 0.6 is 0 Å². The lowest BCUT2D eigenvalue weighted by Gasteiger charge is -2.27. The normalized spacial score (nSPS) is 21.0. The van der Waals surface area contributed by atoms with Crippen molar-refractivity contribution in [2.24, 2.45) is 0 Å². The Morgan fingerprint density at radius 3 is 2.83 bits per heavy atom. The number of nitrogens with zero attached hydrogens (tertiary/aromatic N) is 3. The predicted octanol–water partition coefficient (Wildman–Crippen LogP) is 1.03. The lowest BCUT2D eigenvalue weighted by molar-refractivity contribution is -0.114. The molecule has 0 fully saturated rings. The van der Waals surface area contributed by atoms with Crippen LogP contribution in [0.15, 0.2) is 42.6 Å². The van der Waals surface area contributed by atoms with E-state index in [1.165, 1.54) is 11.6 Å². The first-order valence-corrected chi connectivity index (χ1v) is 8.62. The number of benzene rings is 1. The van der Waals surface area contributed by atoms with Crippen LogP contribution in [0.4, 0.5) is 0 Å².